The summed E-state index contributed by atoms with van der Waals surface area (Å²) >= 11 is 0. The van der Waals surface area contributed by atoms with E-state index in [1.54, 1.807) is 19.2 Å². The highest BCUT2D eigenvalue weighted by Gasteiger charge is 2.31. The number of rotatable bonds is 4. The van der Waals surface area contributed by atoms with Gasteiger partial charge in [-0.3, -0.25) is 4.79 Å². The summed E-state index contributed by atoms with van der Waals surface area (Å²) in [6.07, 6.45) is 4.29. The van der Waals surface area contributed by atoms with Crippen LogP contribution in [-0.4, -0.2) is 25.7 Å². The molecular weight excluding hydrogens is 256 g/mol. The number of carbonyl (C=O) groups excluding carboxylic acids is 1. The molecule has 5 heteroatoms. The van der Waals surface area contributed by atoms with E-state index in [0.29, 0.717) is 22.7 Å². The molecule has 0 unspecified atom stereocenters. The van der Waals surface area contributed by atoms with Gasteiger partial charge in [-0.15, -0.1) is 0 Å². The molecule has 3 N–H and O–H groups in total. The zero-order valence-corrected chi connectivity index (χ0v) is 12.3. The Balaban J connectivity index is 2.28. The molecule has 1 aromatic rings. The van der Waals surface area contributed by atoms with Gasteiger partial charge in [-0.2, -0.15) is 0 Å². The molecule has 0 bridgehead atoms. The van der Waals surface area contributed by atoms with Crippen LogP contribution in [-0.2, 0) is 0 Å². The van der Waals surface area contributed by atoms with Crippen LogP contribution in [0.1, 0.15) is 43.0 Å². The third-order valence-corrected chi connectivity index (χ3v) is 3.94. The van der Waals surface area contributed by atoms with Crippen molar-refractivity contribution in [3.05, 3.63) is 17.7 Å². The molecule has 5 nitrogen and oxygen atoms in total. The molecule has 2 rings (SSSR count). The van der Waals surface area contributed by atoms with E-state index in [9.17, 15) is 4.79 Å². The van der Waals surface area contributed by atoms with Gasteiger partial charge in [0, 0.05) is 11.6 Å². The first-order valence-electron chi connectivity index (χ1n) is 6.83. The van der Waals surface area contributed by atoms with Crippen molar-refractivity contribution in [3.8, 4) is 11.5 Å². The second-order valence-corrected chi connectivity index (χ2v) is 5.51. The third-order valence-electron chi connectivity index (χ3n) is 3.94. The third kappa shape index (κ3) is 2.81. The molecule has 110 valence electrons. The van der Waals surface area contributed by atoms with E-state index in [1.807, 2.05) is 0 Å². The molecule has 0 aromatic heterocycles. The van der Waals surface area contributed by atoms with Crippen molar-refractivity contribution < 1.29 is 14.3 Å². The van der Waals surface area contributed by atoms with E-state index in [-0.39, 0.29) is 11.4 Å². The van der Waals surface area contributed by atoms with Gasteiger partial charge >= 0.3 is 0 Å². The largest absolute Gasteiger partial charge is 0.497 e. The van der Waals surface area contributed by atoms with Crippen molar-refractivity contribution in [2.24, 2.45) is 0 Å². The number of ether oxygens (including phenoxy) is 2. The van der Waals surface area contributed by atoms with E-state index < -0.39 is 0 Å². The highest BCUT2D eigenvalue weighted by molar-refractivity contribution is 6.01. The van der Waals surface area contributed by atoms with Crippen LogP contribution in [0.15, 0.2) is 12.1 Å². The Labute approximate surface area is 119 Å². The van der Waals surface area contributed by atoms with Gasteiger partial charge in [0.05, 0.1) is 25.5 Å². The fourth-order valence-corrected chi connectivity index (χ4v) is 2.70. The van der Waals surface area contributed by atoms with Crippen LogP contribution in [0.5, 0.6) is 11.5 Å². The molecule has 0 radical (unpaired) electrons. The van der Waals surface area contributed by atoms with Crippen LogP contribution in [0, 0.1) is 0 Å². The van der Waals surface area contributed by atoms with Gasteiger partial charge in [-0.1, -0.05) is 12.8 Å². The number of hydrogen-bond donors (Lipinski definition) is 2. The molecule has 0 atom stereocenters. The molecule has 20 heavy (non-hydrogen) atoms. The van der Waals surface area contributed by atoms with Gasteiger partial charge in [0.25, 0.3) is 5.91 Å². The molecule has 1 aromatic carbocycles. The average molecular weight is 278 g/mol. The second-order valence-electron chi connectivity index (χ2n) is 5.51. The van der Waals surface area contributed by atoms with Crippen molar-refractivity contribution in [1.82, 2.24) is 5.32 Å². The fourth-order valence-electron chi connectivity index (χ4n) is 2.70. The summed E-state index contributed by atoms with van der Waals surface area (Å²) in [5, 5.41) is 3.08. The Morgan fingerprint density at radius 3 is 2.45 bits per heavy atom. The van der Waals surface area contributed by atoms with E-state index in [2.05, 4.69) is 12.2 Å². The van der Waals surface area contributed by atoms with E-state index in [1.165, 1.54) is 7.11 Å². The summed E-state index contributed by atoms with van der Waals surface area (Å²) in [7, 11) is 3.07. The number of benzene rings is 1. The minimum Gasteiger partial charge on any atom is -0.497 e. The van der Waals surface area contributed by atoms with Crippen molar-refractivity contribution in [2.45, 2.75) is 38.1 Å². The summed E-state index contributed by atoms with van der Waals surface area (Å²) in [5.74, 6) is 0.827. The topological polar surface area (TPSA) is 73.6 Å². The Hall–Kier alpha value is -1.91. The number of hydrogen-bond acceptors (Lipinski definition) is 4. The van der Waals surface area contributed by atoms with Gasteiger partial charge in [-0.05, 0) is 25.8 Å². The number of amides is 1. The Bertz CT molecular complexity index is 508. The smallest absolute Gasteiger partial charge is 0.254 e. The molecule has 1 fully saturated rings. The maximum atomic E-state index is 12.5. The van der Waals surface area contributed by atoms with Gasteiger partial charge in [-0.25, -0.2) is 0 Å². The lowest BCUT2D eigenvalue weighted by molar-refractivity contribution is 0.0908. The number of nitrogens with one attached hydrogen (secondary N) is 1. The van der Waals surface area contributed by atoms with E-state index >= 15 is 0 Å². The second kappa shape index (κ2) is 5.61. The maximum absolute atomic E-state index is 12.5. The lowest BCUT2D eigenvalue weighted by Gasteiger charge is -2.26. The Kier molecular flexibility index (Phi) is 4.06. The fraction of sp³-hybridized carbons (Fsp3) is 0.533. The van der Waals surface area contributed by atoms with Gasteiger partial charge in [0.1, 0.15) is 11.5 Å². The predicted octanol–water partition coefficient (Wildman–Crippen LogP) is 2.35. The van der Waals surface area contributed by atoms with E-state index in [4.69, 9.17) is 15.2 Å². The molecule has 1 aliphatic carbocycles. The van der Waals surface area contributed by atoms with Gasteiger partial charge in [0.2, 0.25) is 0 Å². The first-order valence-corrected chi connectivity index (χ1v) is 6.83. The van der Waals surface area contributed by atoms with Crippen LogP contribution < -0.4 is 20.5 Å². The van der Waals surface area contributed by atoms with Crippen molar-refractivity contribution in [2.75, 3.05) is 20.0 Å². The summed E-state index contributed by atoms with van der Waals surface area (Å²) in [6, 6.07) is 3.31. The minimum absolute atomic E-state index is 0.139. The number of anilines is 1. The number of carbonyl (C=O) groups is 1. The summed E-state index contributed by atoms with van der Waals surface area (Å²) in [4.78, 5) is 12.5. The molecule has 0 spiro atoms. The van der Waals surface area contributed by atoms with Crippen molar-refractivity contribution >= 4 is 11.6 Å². The number of nitrogens with two attached hydrogens (primary N) is 1. The standard InChI is InChI=1S/C15H22N2O3/c1-15(6-4-5-7-15)17-14(18)11-8-10(19-2)9-12(20-3)13(11)16/h8-9H,4-7,16H2,1-3H3,(H,17,18). The number of methoxy groups -OCH3 is 2. The first kappa shape index (κ1) is 14.5. The SMILES string of the molecule is COc1cc(OC)c(N)c(C(=O)NC2(C)CCCC2)c1. The zero-order chi connectivity index (χ0) is 14.8. The normalized spacial score (nSPS) is 16.8. The number of nitrogen functional groups attached to an aromatic ring is 1. The van der Waals surface area contributed by atoms with Crippen LogP contribution >= 0.6 is 0 Å². The summed E-state index contributed by atoms with van der Waals surface area (Å²) in [5.41, 5.74) is 6.59. The molecule has 0 heterocycles. The van der Waals surface area contributed by atoms with Crippen LogP contribution in [0.25, 0.3) is 0 Å². The monoisotopic (exact) mass is 278 g/mol. The Morgan fingerprint density at radius 2 is 1.90 bits per heavy atom. The summed E-state index contributed by atoms with van der Waals surface area (Å²) in [6.45, 7) is 2.07. The van der Waals surface area contributed by atoms with Gasteiger partial charge < -0.3 is 20.5 Å². The van der Waals surface area contributed by atoms with Crippen LogP contribution in [0.2, 0.25) is 0 Å². The lowest BCUT2D eigenvalue weighted by atomic mass is 9.99. The summed E-state index contributed by atoms with van der Waals surface area (Å²) < 4.78 is 10.4. The van der Waals surface area contributed by atoms with Crippen LogP contribution in [0.3, 0.4) is 0 Å². The lowest BCUT2D eigenvalue weighted by Crippen LogP contribution is -2.43. The van der Waals surface area contributed by atoms with Crippen molar-refractivity contribution in [3.63, 3.8) is 0 Å². The molecule has 0 saturated heterocycles. The quantitative estimate of drug-likeness (QED) is 0.829. The predicted molar refractivity (Wildman–Crippen MR) is 78.3 cm³/mol. The molecule has 1 aliphatic rings. The van der Waals surface area contributed by atoms with Gasteiger partial charge in [0.15, 0.2) is 0 Å². The minimum atomic E-state index is -0.177. The van der Waals surface area contributed by atoms with Crippen molar-refractivity contribution in [1.29, 1.82) is 0 Å². The molecule has 0 aliphatic heterocycles. The zero-order valence-electron chi connectivity index (χ0n) is 12.3. The first-order chi connectivity index (χ1) is 9.49. The molecule has 1 saturated carbocycles. The highest BCUT2D eigenvalue weighted by Crippen LogP contribution is 2.33. The van der Waals surface area contributed by atoms with Crippen LogP contribution in [0.4, 0.5) is 5.69 Å². The molecule has 1 amide bonds. The average Bonchev–Trinajstić information content (AvgIpc) is 2.85. The maximum Gasteiger partial charge on any atom is 0.254 e. The van der Waals surface area contributed by atoms with E-state index in [0.717, 1.165) is 25.7 Å². The highest BCUT2D eigenvalue weighted by atomic mass is 16.5. The molecular formula is C15H22N2O3. The Morgan fingerprint density at radius 1 is 1.25 bits per heavy atom.